The standard InChI is InChI=1S/C19H21NO4/c1-13-9-10-14(11-16(13)24-3)17(21)20-12-19(2,18(22)23)15-7-5-4-6-8-15/h4-11H,12H2,1-3H3,(H,20,21)(H,22,23). The normalized spacial score (nSPS) is 13.0. The van der Waals surface area contributed by atoms with Crippen molar-refractivity contribution in [3.63, 3.8) is 0 Å². The molecule has 1 atom stereocenters. The average molecular weight is 327 g/mol. The number of nitrogens with one attached hydrogen (secondary N) is 1. The Morgan fingerprint density at radius 1 is 1.17 bits per heavy atom. The van der Waals surface area contributed by atoms with E-state index in [1.165, 1.54) is 0 Å². The molecule has 126 valence electrons. The Bertz CT molecular complexity index is 742. The van der Waals surface area contributed by atoms with Crippen molar-refractivity contribution in [3.05, 3.63) is 65.2 Å². The Kier molecular flexibility index (Phi) is 5.24. The maximum Gasteiger partial charge on any atom is 0.315 e. The molecular weight excluding hydrogens is 306 g/mol. The number of aliphatic carboxylic acids is 1. The number of benzene rings is 2. The van der Waals surface area contributed by atoms with E-state index in [0.717, 1.165) is 5.56 Å². The molecule has 0 radical (unpaired) electrons. The van der Waals surface area contributed by atoms with Gasteiger partial charge in [0.15, 0.2) is 0 Å². The molecule has 0 fully saturated rings. The lowest BCUT2D eigenvalue weighted by Gasteiger charge is -2.25. The lowest BCUT2D eigenvalue weighted by atomic mass is 9.82. The maximum absolute atomic E-state index is 12.4. The Labute approximate surface area is 141 Å². The van der Waals surface area contributed by atoms with Crippen LogP contribution in [0.1, 0.15) is 28.4 Å². The second kappa shape index (κ2) is 7.17. The van der Waals surface area contributed by atoms with Crippen molar-refractivity contribution in [1.82, 2.24) is 5.32 Å². The summed E-state index contributed by atoms with van der Waals surface area (Å²) in [6.45, 7) is 3.47. The summed E-state index contributed by atoms with van der Waals surface area (Å²) in [5, 5.41) is 12.3. The molecule has 2 aromatic rings. The molecule has 0 saturated carbocycles. The fourth-order valence-corrected chi connectivity index (χ4v) is 2.43. The summed E-state index contributed by atoms with van der Waals surface area (Å²) < 4.78 is 5.21. The number of carbonyl (C=O) groups excluding carboxylic acids is 1. The van der Waals surface area contributed by atoms with Crippen molar-refractivity contribution in [1.29, 1.82) is 0 Å². The molecule has 0 aromatic heterocycles. The molecule has 0 saturated heterocycles. The van der Waals surface area contributed by atoms with Crippen LogP contribution in [0.5, 0.6) is 5.75 Å². The molecule has 0 aliphatic heterocycles. The van der Waals surface area contributed by atoms with Crippen LogP contribution in [0, 0.1) is 6.92 Å². The zero-order valence-electron chi connectivity index (χ0n) is 14.0. The van der Waals surface area contributed by atoms with Crippen molar-refractivity contribution in [2.24, 2.45) is 0 Å². The fourth-order valence-electron chi connectivity index (χ4n) is 2.43. The number of carbonyl (C=O) groups is 2. The van der Waals surface area contributed by atoms with Gasteiger partial charge in [0, 0.05) is 12.1 Å². The van der Waals surface area contributed by atoms with Crippen LogP contribution < -0.4 is 10.1 Å². The van der Waals surface area contributed by atoms with E-state index in [0.29, 0.717) is 16.9 Å². The number of carboxylic acids is 1. The van der Waals surface area contributed by atoms with Crippen LogP contribution in [0.15, 0.2) is 48.5 Å². The molecular formula is C19H21NO4. The van der Waals surface area contributed by atoms with Gasteiger partial charge in [-0.25, -0.2) is 0 Å². The Morgan fingerprint density at radius 2 is 1.83 bits per heavy atom. The number of amides is 1. The molecule has 1 unspecified atom stereocenters. The molecule has 24 heavy (non-hydrogen) atoms. The zero-order chi connectivity index (χ0) is 17.7. The molecule has 2 rings (SSSR count). The van der Waals surface area contributed by atoms with E-state index in [9.17, 15) is 14.7 Å². The van der Waals surface area contributed by atoms with Crippen LogP contribution in [0.2, 0.25) is 0 Å². The number of ether oxygens (including phenoxy) is 1. The SMILES string of the molecule is COc1cc(C(=O)NCC(C)(C(=O)O)c2ccccc2)ccc1C. The van der Waals surface area contributed by atoms with Gasteiger partial charge in [-0.3, -0.25) is 9.59 Å². The summed E-state index contributed by atoms with van der Waals surface area (Å²) in [5.41, 5.74) is 0.789. The predicted octanol–water partition coefficient (Wildman–Crippen LogP) is 2.78. The first-order chi connectivity index (χ1) is 11.4. The van der Waals surface area contributed by atoms with Gasteiger partial charge in [0.1, 0.15) is 11.2 Å². The smallest absolute Gasteiger partial charge is 0.315 e. The van der Waals surface area contributed by atoms with Crippen LogP contribution >= 0.6 is 0 Å². The Hall–Kier alpha value is -2.82. The van der Waals surface area contributed by atoms with Gasteiger partial charge in [-0.2, -0.15) is 0 Å². The van der Waals surface area contributed by atoms with Gasteiger partial charge < -0.3 is 15.2 Å². The summed E-state index contributed by atoms with van der Waals surface area (Å²) >= 11 is 0. The molecule has 5 nitrogen and oxygen atoms in total. The van der Waals surface area contributed by atoms with Crippen LogP contribution in [-0.2, 0) is 10.2 Å². The number of hydrogen-bond acceptors (Lipinski definition) is 3. The molecule has 2 aromatic carbocycles. The van der Waals surface area contributed by atoms with E-state index in [-0.39, 0.29) is 12.5 Å². The highest BCUT2D eigenvalue weighted by Gasteiger charge is 2.35. The number of rotatable bonds is 6. The predicted molar refractivity (Wildman–Crippen MR) is 91.5 cm³/mol. The van der Waals surface area contributed by atoms with Gasteiger partial charge in [0.2, 0.25) is 0 Å². The second-order valence-electron chi connectivity index (χ2n) is 5.87. The quantitative estimate of drug-likeness (QED) is 0.855. The van der Waals surface area contributed by atoms with Crippen molar-refractivity contribution in [2.45, 2.75) is 19.3 Å². The minimum atomic E-state index is -1.20. The maximum atomic E-state index is 12.4. The molecule has 0 aliphatic carbocycles. The average Bonchev–Trinajstić information content (AvgIpc) is 2.60. The highest BCUT2D eigenvalue weighted by Crippen LogP contribution is 2.24. The van der Waals surface area contributed by atoms with Crippen LogP contribution in [0.4, 0.5) is 0 Å². The number of hydrogen-bond donors (Lipinski definition) is 2. The number of methoxy groups -OCH3 is 1. The van der Waals surface area contributed by atoms with E-state index < -0.39 is 11.4 Å². The lowest BCUT2D eigenvalue weighted by Crippen LogP contribution is -2.44. The summed E-state index contributed by atoms with van der Waals surface area (Å²) in [5.74, 6) is -0.709. The molecule has 0 heterocycles. The van der Waals surface area contributed by atoms with E-state index in [1.54, 1.807) is 56.5 Å². The topological polar surface area (TPSA) is 75.6 Å². The molecule has 5 heteroatoms. The van der Waals surface area contributed by atoms with Crippen molar-refractivity contribution in [3.8, 4) is 5.75 Å². The summed E-state index contributed by atoms with van der Waals surface area (Å²) in [7, 11) is 1.54. The lowest BCUT2D eigenvalue weighted by molar-refractivity contribution is -0.142. The largest absolute Gasteiger partial charge is 0.496 e. The highest BCUT2D eigenvalue weighted by molar-refractivity contribution is 5.95. The highest BCUT2D eigenvalue weighted by atomic mass is 16.5. The van der Waals surface area contributed by atoms with Gasteiger partial charge in [0.05, 0.1) is 7.11 Å². The first-order valence-corrected chi connectivity index (χ1v) is 7.60. The van der Waals surface area contributed by atoms with Crippen LogP contribution in [0.25, 0.3) is 0 Å². The van der Waals surface area contributed by atoms with Crippen LogP contribution in [0.3, 0.4) is 0 Å². The van der Waals surface area contributed by atoms with Crippen molar-refractivity contribution >= 4 is 11.9 Å². The number of carboxylic acid groups (broad SMARTS) is 1. The minimum absolute atomic E-state index is 0.0125. The van der Waals surface area contributed by atoms with E-state index >= 15 is 0 Å². The summed E-state index contributed by atoms with van der Waals surface area (Å²) in [6, 6.07) is 14.0. The van der Waals surface area contributed by atoms with Gasteiger partial charge in [-0.1, -0.05) is 36.4 Å². The molecule has 1 amide bonds. The summed E-state index contributed by atoms with van der Waals surface area (Å²) in [6.07, 6.45) is 0. The van der Waals surface area contributed by atoms with E-state index in [4.69, 9.17) is 4.74 Å². The van der Waals surface area contributed by atoms with Gasteiger partial charge >= 0.3 is 5.97 Å². The summed E-state index contributed by atoms with van der Waals surface area (Å²) in [4.78, 5) is 24.1. The third-order valence-electron chi connectivity index (χ3n) is 4.16. The zero-order valence-corrected chi connectivity index (χ0v) is 14.0. The monoisotopic (exact) mass is 327 g/mol. The van der Waals surface area contributed by atoms with Gasteiger partial charge in [-0.05, 0) is 37.1 Å². The van der Waals surface area contributed by atoms with E-state index in [1.807, 2.05) is 13.0 Å². The number of aryl methyl sites for hydroxylation is 1. The molecule has 0 spiro atoms. The Morgan fingerprint density at radius 3 is 2.42 bits per heavy atom. The third kappa shape index (κ3) is 3.56. The van der Waals surface area contributed by atoms with Crippen LogP contribution in [-0.4, -0.2) is 30.6 Å². The molecule has 2 N–H and O–H groups in total. The van der Waals surface area contributed by atoms with E-state index in [2.05, 4.69) is 5.32 Å². The Balaban J connectivity index is 2.18. The first-order valence-electron chi connectivity index (χ1n) is 7.60. The third-order valence-corrected chi connectivity index (χ3v) is 4.16. The van der Waals surface area contributed by atoms with Gasteiger partial charge in [-0.15, -0.1) is 0 Å². The van der Waals surface area contributed by atoms with Gasteiger partial charge in [0.25, 0.3) is 5.91 Å². The molecule has 0 bridgehead atoms. The molecule has 0 aliphatic rings. The minimum Gasteiger partial charge on any atom is -0.496 e. The van der Waals surface area contributed by atoms with Crippen molar-refractivity contribution < 1.29 is 19.4 Å². The van der Waals surface area contributed by atoms with Crippen molar-refractivity contribution in [2.75, 3.05) is 13.7 Å². The second-order valence-corrected chi connectivity index (χ2v) is 5.87. The first kappa shape index (κ1) is 17.5. The fraction of sp³-hybridized carbons (Fsp3) is 0.263.